The Morgan fingerprint density at radius 2 is 2.05 bits per heavy atom. The van der Waals surface area contributed by atoms with Crippen LogP contribution in [0.3, 0.4) is 0 Å². The predicted octanol–water partition coefficient (Wildman–Crippen LogP) is -0.188. The Morgan fingerprint density at radius 3 is 2.55 bits per heavy atom. The Balaban J connectivity index is 2.81. The first-order valence-corrected chi connectivity index (χ1v) is 5.56. The number of rotatable bonds is 7. The SMILES string of the molecule is NC(=O)C[C@H](NC(=O)c1cccn1CC(F)F)C(=O)O. The number of nitrogens with one attached hydrogen (secondary N) is 1. The molecule has 0 radical (unpaired) electrons. The van der Waals surface area contributed by atoms with E-state index in [0.29, 0.717) is 0 Å². The van der Waals surface area contributed by atoms with E-state index < -0.39 is 43.2 Å². The molecule has 0 aliphatic heterocycles. The third-order valence-corrected chi connectivity index (χ3v) is 2.41. The van der Waals surface area contributed by atoms with E-state index in [0.717, 1.165) is 4.57 Å². The fourth-order valence-electron chi connectivity index (χ4n) is 1.56. The number of carboxylic acid groups (broad SMARTS) is 1. The summed E-state index contributed by atoms with van der Waals surface area (Å²) in [5.74, 6) is -3.21. The van der Waals surface area contributed by atoms with Gasteiger partial charge in [-0.3, -0.25) is 9.59 Å². The van der Waals surface area contributed by atoms with Crippen LogP contribution in [0.1, 0.15) is 16.9 Å². The quantitative estimate of drug-likeness (QED) is 0.645. The maximum Gasteiger partial charge on any atom is 0.326 e. The van der Waals surface area contributed by atoms with Crippen LogP contribution in [0.5, 0.6) is 0 Å². The van der Waals surface area contributed by atoms with Crippen LogP contribution in [0.15, 0.2) is 18.3 Å². The second-order valence-corrected chi connectivity index (χ2v) is 3.97. The van der Waals surface area contributed by atoms with Gasteiger partial charge >= 0.3 is 5.97 Å². The number of halogens is 2. The van der Waals surface area contributed by atoms with E-state index in [1.54, 1.807) is 0 Å². The fraction of sp³-hybridized carbons (Fsp3) is 0.364. The number of nitrogens with two attached hydrogens (primary N) is 1. The summed E-state index contributed by atoms with van der Waals surface area (Å²) in [7, 11) is 0. The maximum atomic E-state index is 12.3. The molecule has 4 N–H and O–H groups in total. The molecule has 2 amide bonds. The van der Waals surface area contributed by atoms with Crippen molar-refractivity contribution >= 4 is 17.8 Å². The third-order valence-electron chi connectivity index (χ3n) is 2.41. The molecule has 20 heavy (non-hydrogen) atoms. The maximum absolute atomic E-state index is 12.3. The highest BCUT2D eigenvalue weighted by Crippen LogP contribution is 2.07. The molecule has 7 nitrogen and oxygen atoms in total. The van der Waals surface area contributed by atoms with Crippen LogP contribution in [0.2, 0.25) is 0 Å². The highest BCUT2D eigenvalue weighted by atomic mass is 19.3. The number of hydrogen-bond acceptors (Lipinski definition) is 3. The molecule has 1 aromatic heterocycles. The number of carboxylic acids is 1. The monoisotopic (exact) mass is 289 g/mol. The van der Waals surface area contributed by atoms with Gasteiger partial charge in [0.2, 0.25) is 5.91 Å². The lowest BCUT2D eigenvalue weighted by Gasteiger charge is -2.14. The number of primary amides is 1. The molecular weight excluding hydrogens is 276 g/mol. The summed E-state index contributed by atoms with van der Waals surface area (Å²) in [5, 5.41) is 10.9. The summed E-state index contributed by atoms with van der Waals surface area (Å²) < 4.78 is 25.6. The minimum atomic E-state index is -2.66. The fourth-order valence-corrected chi connectivity index (χ4v) is 1.56. The Morgan fingerprint density at radius 1 is 1.40 bits per heavy atom. The Kier molecular flexibility index (Phi) is 5.18. The van der Waals surface area contributed by atoms with Gasteiger partial charge in [-0.2, -0.15) is 0 Å². The first kappa shape index (κ1) is 15.6. The summed E-state index contributed by atoms with van der Waals surface area (Å²) in [6.07, 6.45) is -1.98. The average molecular weight is 289 g/mol. The van der Waals surface area contributed by atoms with Crippen molar-refractivity contribution in [2.75, 3.05) is 0 Å². The van der Waals surface area contributed by atoms with Gasteiger partial charge in [-0.25, -0.2) is 13.6 Å². The minimum absolute atomic E-state index is 0.124. The van der Waals surface area contributed by atoms with E-state index >= 15 is 0 Å². The number of aliphatic carboxylic acids is 1. The number of alkyl halides is 2. The van der Waals surface area contributed by atoms with Crippen LogP contribution in [0.25, 0.3) is 0 Å². The molecule has 0 saturated carbocycles. The van der Waals surface area contributed by atoms with Crippen LogP contribution in [-0.4, -0.2) is 39.9 Å². The molecule has 0 aromatic carbocycles. The number of carbonyl (C=O) groups is 3. The molecule has 0 aliphatic carbocycles. The Labute approximate surface area is 112 Å². The summed E-state index contributed by atoms with van der Waals surface area (Å²) in [6, 6.07) is 1.14. The summed E-state index contributed by atoms with van der Waals surface area (Å²) in [4.78, 5) is 33.4. The first-order valence-electron chi connectivity index (χ1n) is 5.56. The van der Waals surface area contributed by atoms with Crippen molar-refractivity contribution in [2.45, 2.75) is 25.4 Å². The number of carbonyl (C=O) groups excluding carboxylic acids is 2. The first-order chi connectivity index (χ1) is 9.31. The Bertz CT molecular complexity index is 516. The van der Waals surface area contributed by atoms with Gasteiger partial charge < -0.3 is 20.7 Å². The molecular formula is C11H13F2N3O4. The van der Waals surface area contributed by atoms with Gasteiger partial charge in [-0.05, 0) is 12.1 Å². The summed E-state index contributed by atoms with van der Waals surface area (Å²) >= 11 is 0. The molecule has 0 fully saturated rings. The van der Waals surface area contributed by atoms with Gasteiger partial charge in [0.15, 0.2) is 0 Å². The van der Waals surface area contributed by atoms with Gasteiger partial charge in [0.25, 0.3) is 12.3 Å². The van der Waals surface area contributed by atoms with Gasteiger partial charge in [0, 0.05) is 6.20 Å². The zero-order chi connectivity index (χ0) is 15.3. The van der Waals surface area contributed by atoms with Crippen LogP contribution in [-0.2, 0) is 16.1 Å². The highest BCUT2D eigenvalue weighted by molar-refractivity contribution is 5.96. The minimum Gasteiger partial charge on any atom is -0.480 e. The van der Waals surface area contributed by atoms with Crippen LogP contribution >= 0.6 is 0 Å². The van der Waals surface area contributed by atoms with Crippen molar-refractivity contribution in [3.05, 3.63) is 24.0 Å². The van der Waals surface area contributed by atoms with Gasteiger partial charge in [-0.1, -0.05) is 0 Å². The zero-order valence-corrected chi connectivity index (χ0v) is 10.3. The van der Waals surface area contributed by atoms with E-state index in [2.05, 4.69) is 5.32 Å². The third kappa shape index (κ3) is 4.34. The molecule has 0 saturated heterocycles. The lowest BCUT2D eigenvalue weighted by atomic mass is 10.2. The van der Waals surface area contributed by atoms with Crippen molar-refractivity contribution < 1.29 is 28.3 Å². The molecule has 110 valence electrons. The van der Waals surface area contributed by atoms with Crippen molar-refractivity contribution in [2.24, 2.45) is 5.73 Å². The van der Waals surface area contributed by atoms with Gasteiger partial charge in [0.05, 0.1) is 13.0 Å². The van der Waals surface area contributed by atoms with Gasteiger partial charge in [0.1, 0.15) is 11.7 Å². The second-order valence-electron chi connectivity index (χ2n) is 3.97. The van der Waals surface area contributed by atoms with Crippen molar-refractivity contribution in [1.82, 2.24) is 9.88 Å². The Hall–Kier alpha value is -2.45. The molecule has 0 spiro atoms. The number of nitrogens with zero attached hydrogens (tertiary/aromatic N) is 1. The molecule has 1 atom stereocenters. The molecule has 0 aliphatic rings. The van der Waals surface area contributed by atoms with E-state index in [1.165, 1.54) is 18.3 Å². The van der Waals surface area contributed by atoms with Crippen LogP contribution < -0.4 is 11.1 Å². The number of amides is 2. The standard InChI is InChI=1S/C11H13F2N3O4/c12-8(13)5-16-3-1-2-7(16)10(18)15-6(11(19)20)4-9(14)17/h1-3,6,8H,4-5H2,(H2,14,17)(H,15,18)(H,19,20)/t6-/m0/s1. The molecule has 0 unspecified atom stereocenters. The zero-order valence-electron chi connectivity index (χ0n) is 10.3. The van der Waals surface area contributed by atoms with E-state index in [9.17, 15) is 23.2 Å². The second kappa shape index (κ2) is 6.64. The predicted molar refractivity (Wildman–Crippen MR) is 63.1 cm³/mol. The topological polar surface area (TPSA) is 114 Å². The smallest absolute Gasteiger partial charge is 0.326 e. The number of hydrogen-bond donors (Lipinski definition) is 3. The molecule has 1 heterocycles. The lowest BCUT2D eigenvalue weighted by Crippen LogP contribution is -2.43. The van der Waals surface area contributed by atoms with E-state index in [-0.39, 0.29) is 5.69 Å². The van der Waals surface area contributed by atoms with E-state index in [1.807, 2.05) is 0 Å². The van der Waals surface area contributed by atoms with Gasteiger partial charge in [-0.15, -0.1) is 0 Å². The summed E-state index contributed by atoms with van der Waals surface area (Å²) in [5.41, 5.74) is 4.74. The number of aromatic nitrogens is 1. The molecule has 9 heteroatoms. The molecule has 1 rings (SSSR count). The van der Waals surface area contributed by atoms with Crippen molar-refractivity contribution in [3.8, 4) is 0 Å². The average Bonchev–Trinajstić information content (AvgIpc) is 2.74. The lowest BCUT2D eigenvalue weighted by molar-refractivity contribution is -0.140. The van der Waals surface area contributed by atoms with E-state index in [4.69, 9.17) is 10.8 Å². The van der Waals surface area contributed by atoms with Crippen molar-refractivity contribution in [1.29, 1.82) is 0 Å². The molecule has 0 bridgehead atoms. The highest BCUT2D eigenvalue weighted by Gasteiger charge is 2.24. The van der Waals surface area contributed by atoms with Crippen molar-refractivity contribution in [3.63, 3.8) is 0 Å². The largest absolute Gasteiger partial charge is 0.480 e. The van der Waals surface area contributed by atoms with Crippen LogP contribution in [0.4, 0.5) is 8.78 Å². The normalized spacial score (nSPS) is 12.2. The molecule has 1 aromatic rings. The van der Waals surface area contributed by atoms with Crippen LogP contribution in [0, 0.1) is 0 Å². The summed E-state index contributed by atoms with van der Waals surface area (Å²) in [6.45, 7) is -0.691.